The van der Waals surface area contributed by atoms with Crippen molar-refractivity contribution in [1.82, 2.24) is 15.5 Å². The molecule has 25 heavy (non-hydrogen) atoms. The molecule has 0 radical (unpaired) electrons. The number of amides is 2. The SMILES string of the molecule is CC(NC(C)(C)CNC(=O)N1CCC(C)(C(=O)O)C1)c1ccccc1. The van der Waals surface area contributed by atoms with Gasteiger partial charge in [-0.1, -0.05) is 30.3 Å². The maximum Gasteiger partial charge on any atom is 0.317 e. The third-order valence-electron chi connectivity index (χ3n) is 4.87. The first kappa shape index (κ1) is 19.2. The molecule has 6 nitrogen and oxygen atoms in total. The van der Waals surface area contributed by atoms with Crippen LogP contribution >= 0.6 is 0 Å². The summed E-state index contributed by atoms with van der Waals surface area (Å²) in [6.07, 6.45) is 0.489. The highest BCUT2D eigenvalue weighted by molar-refractivity contribution is 5.79. The first-order chi connectivity index (χ1) is 11.6. The number of carboxylic acids is 1. The van der Waals surface area contributed by atoms with Crippen molar-refractivity contribution in [2.75, 3.05) is 19.6 Å². The number of hydrogen-bond donors (Lipinski definition) is 3. The Hall–Kier alpha value is -2.08. The van der Waals surface area contributed by atoms with Gasteiger partial charge in [-0.2, -0.15) is 0 Å². The lowest BCUT2D eigenvalue weighted by Gasteiger charge is -2.31. The predicted octanol–water partition coefficient (Wildman–Crippen LogP) is 2.62. The number of benzene rings is 1. The summed E-state index contributed by atoms with van der Waals surface area (Å²) in [4.78, 5) is 25.2. The quantitative estimate of drug-likeness (QED) is 0.739. The summed E-state index contributed by atoms with van der Waals surface area (Å²) in [7, 11) is 0. The van der Waals surface area contributed by atoms with E-state index in [1.165, 1.54) is 5.56 Å². The molecule has 1 fully saturated rings. The van der Waals surface area contributed by atoms with Crippen LogP contribution in [0.15, 0.2) is 30.3 Å². The molecule has 0 bridgehead atoms. The first-order valence-electron chi connectivity index (χ1n) is 8.72. The number of nitrogens with one attached hydrogen (secondary N) is 2. The summed E-state index contributed by atoms with van der Waals surface area (Å²) >= 11 is 0. The van der Waals surface area contributed by atoms with Crippen LogP contribution in [0.2, 0.25) is 0 Å². The summed E-state index contributed by atoms with van der Waals surface area (Å²) in [6, 6.07) is 10.1. The lowest BCUT2D eigenvalue weighted by molar-refractivity contribution is -0.147. The molecule has 2 rings (SSSR count). The molecule has 1 aliphatic rings. The summed E-state index contributed by atoms with van der Waals surface area (Å²) < 4.78 is 0. The average molecular weight is 347 g/mol. The molecule has 2 unspecified atom stereocenters. The predicted molar refractivity (Wildman–Crippen MR) is 97.4 cm³/mol. The monoisotopic (exact) mass is 347 g/mol. The minimum Gasteiger partial charge on any atom is -0.481 e. The van der Waals surface area contributed by atoms with E-state index in [0.717, 1.165) is 0 Å². The fourth-order valence-corrected chi connectivity index (χ4v) is 3.18. The molecule has 1 aromatic rings. The zero-order chi connectivity index (χ0) is 18.7. The van der Waals surface area contributed by atoms with E-state index in [-0.39, 0.29) is 24.2 Å². The number of carboxylic acid groups (broad SMARTS) is 1. The van der Waals surface area contributed by atoms with Crippen molar-refractivity contribution < 1.29 is 14.7 Å². The molecule has 1 heterocycles. The Bertz CT molecular complexity index is 618. The normalized spacial score (nSPS) is 21.8. The van der Waals surface area contributed by atoms with Crippen molar-refractivity contribution in [3.05, 3.63) is 35.9 Å². The summed E-state index contributed by atoms with van der Waals surface area (Å²) in [5, 5.41) is 15.7. The Balaban J connectivity index is 1.85. The van der Waals surface area contributed by atoms with Crippen molar-refractivity contribution in [1.29, 1.82) is 0 Å². The van der Waals surface area contributed by atoms with Crippen LogP contribution in [0.4, 0.5) is 4.79 Å². The maximum atomic E-state index is 12.4. The van der Waals surface area contributed by atoms with E-state index in [1.807, 2.05) is 32.0 Å². The van der Waals surface area contributed by atoms with Gasteiger partial charge >= 0.3 is 12.0 Å². The van der Waals surface area contributed by atoms with Crippen LogP contribution in [0.3, 0.4) is 0 Å². The molecule has 138 valence electrons. The fourth-order valence-electron chi connectivity index (χ4n) is 3.18. The van der Waals surface area contributed by atoms with Crippen molar-refractivity contribution in [3.8, 4) is 0 Å². The highest BCUT2D eigenvalue weighted by Crippen LogP contribution is 2.30. The number of carbonyl (C=O) groups is 2. The fraction of sp³-hybridized carbons (Fsp3) is 0.579. The zero-order valence-corrected chi connectivity index (χ0v) is 15.5. The number of rotatable bonds is 6. The minimum atomic E-state index is -0.846. The van der Waals surface area contributed by atoms with Gasteiger partial charge in [0.2, 0.25) is 0 Å². The van der Waals surface area contributed by atoms with Crippen molar-refractivity contribution in [3.63, 3.8) is 0 Å². The third kappa shape index (κ3) is 4.95. The van der Waals surface area contributed by atoms with Crippen molar-refractivity contribution in [2.45, 2.75) is 45.7 Å². The van der Waals surface area contributed by atoms with Gasteiger partial charge in [0.15, 0.2) is 0 Å². The van der Waals surface area contributed by atoms with E-state index in [0.29, 0.717) is 19.5 Å². The Morgan fingerprint density at radius 1 is 1.32 bits per heavy atom. The van der Waals surface area contributed by atoms with Crippen LogP contribution < -0.4 is 10.6 Å². The van der Waals surface area contributed by atoms with Gasteiger partial charge in [0.25, 0.3) is 0 Å². The number of aliphatic carboxylic acids is 1. The largest absolute Gasteiger partial charge is 0.481 e. The van der Waals surface area contributed by atoms with Gasteiger partial charge in [0.05, 0.1) is 5.41 Å². The van der Waals surface area contributed by atoms with E-state index in [4.69, 9.17) is 0 Å². The highest BCUT2D eigenvalue weighted by Gasteiger charge is 2.42. The third-order valence-corrected chi connectivity index (χ3v) is 4.87. The topological polar surface area (TPSA) is 81.7 Å². The molecule has 1 aromatic carbocycles. The molecule has 0 saturated carbocycles. The van der Waals surface area contributed by atoms with Crippen LogP contribution in [0.25, 0.3) is 0 Å². The number of carbonyl (C=O) groups excluding carboxylic acids is 1. The van der Waals surface area contributed by atoms with E-state index in [1.54, 1.807) is 11.8 Å². The molecule has 2 atom stereocenters. The van der Waals surface area contributed by atoms with Gasteiger partial charge in [-0.25, -0.2) is 4.79 Å². The molecule has 1 saturated heterocycles. The van der Waals surface area contributed by atoms with E-state index < -0.39 is 11.4 Å². The van der Waals surface area contributed by atoms with Gasteiger partial charge in [-0.3, -0.25) is 4.79 Å². The Morgan fingerprint density at radius 3 is 2.52 bits per heavy atom. The lowest BCUT2D eigenvalue weighted by atomic mass is 9.90. The molecule has 6 heteroatoms. The zero-order valence-electron chi connectivity index (χ0n) is 15.5. The second-order valence-corrected chi connectivity index (χ2v) is 7.86. The molecular formula is C19H29N3O3. The summed E-state index contributed by atoms with van der Waals surface area (Å²) in [6.45, 7) is 9.05. The van der Waals surface area contributed by atoms with Gasteiger partial charge in [-0.05, 0) is 39.7 Å². The second-order valence-electron chi connectivity index (χ2n) is 7.86. The van der Waals surface area contributed by atoms with E-state index in [2.05, 4.69) is 29.7 Å². The molecule has 3 N–H and O–H groups in total. The summed E-state index contributed by atoms with van der Waals surface area (Å²) in [5.41, 5.74) is 0.0619. The molecular weight excluding hydrogens is 318 g/mol. The molecule has 0 aromatic heterocycles. The first-order valence-corrected chi connectivity index (χ1v) is 8.72. The highest BCUT2D eigenvalue weighted by atomic mass is 16.4. The lowest BCUT2D eigenvalue weighted by Crippen LogP contribution is -2.52. The maximum absolute atomic E-state index is 12.4. The average Bonchev–Trinajstić information content (AvgIpc) is 2.97. The van der Waals surface area contributed by atoms with Crippen LogP contribution in [0, 0.1) is 5.41 Å². The van der Waals surface area contributed by atoms with Crippen LogP contribution in [0.1, 0.15) is 45.7 Å². The molecule has 2 amide bonds. The van der Waals surface area contributed by atoms with E-state index >= 15 is 0 Å². The van der Waals surface area contributed by atoms with Crippen LogP contribution in [-0.4, -0.2) is 47.2 Å². The van der Waals surface area contributed by atoms with Crippen molar-refractivity contribution >= 4 is 12.0 Å². The number of urea groups is 1. The number of hydrogen-bond acceptors (Lipinski definition) is 3. The minimum absolute atomic E-state index is 0.162. The second kappa shape index (κ2) is 7.44. The molecule has 1 aliphatic heterocycles. The van der Waals surface area contributed by atoms with Crippen molar-refractivity contribution in [2.24, 2.45) is 5.41 Å². The Kier molecular flexibility index (Phi) is 5.72. The Labute approximate surface area is 149 Å². The van der Waals surface area contributed by atoms with Gasteiger partial charge in [0, 0.05) is 31.2 Å². The van der Waals surface area contributed by atoms with E-state index in [9.17, 15) is 14.7 Å². The smallest absolute Gasteiger partial charge is 0.317 e. The molecule has 0 aliphatic carbocycles. The van der Waals surface area contributed by atoms with Gasteiger partial charge in [0.1, 0.15) is 0 Å². The van der Waals surface area contributed by atoms with Gasteiger partial charge < -0.3 is 20.6 Å². The molecule has 0 spiro atoms. The standard InChI is InChI=1S/C19H29N3O3/c1-14(15-8-6-5-7-9-15)21-18(2,3)12-20-17(25)22-11-10-19(4,13-22)16(23)24/h5-9,14,21H,10-13H2,1-4H3,(H,20,25)(H,23,24). The Morgan fingerprint density at radius 2 is 1.96 bits per heavy atom. The number of nitrogens with zero attached hydrogens (tertiary/aromatic N) is 1. The van der Waals surface area contributed by atoms with Crippen LogP contribution in [-0.2, 0) is 4.79 Å². The van der Waals surface area contributed by atoms with Crippen LogP contribution in [0.5, 0.6) is 0 Å². The van der Waals surface area contributed by atoms with Gasteiger partial charge in [-0.15, -0.1) is 0 Å². The number of likely N-dealkylation sites (tertiary alicyclic amines) is 1. The summed E-state index contributed by atoms with van der Waals surface area (Å²) in [5.74, 6) is -0.846.